The maximum atomic E-state index is 12.5. The van der Waals surface area contributed by atoms with Crippen molar-refractivity contribution < 1.29 is 14.3 Å². The summed E-state index contributed by atoms with van der Waals surface area (Å²) in [6, 6.07) is 3.51. The molecule has 2 atom stereocenters. The molecule has 1 N–H and O–H groups in total. The van der Waals surface area contributed by atoms with E-state index in [1.54, 1.807) is 22.6 Å². The van der Waals surface area contributed by atoms with Crippen LogP contribution in [0.3, 0.4) is 0 Å². The number of hydrogen-bond donors (Lipinski definition) is 1. The van der Waals surface area contributed by atoms with Gasteiger partial charge in [-0.2, -0.15) is 0 Å². The molecule has 3 heterocycles. The summed E-state index contributed by atoms with van der Waals surface area (Å²) in [6.45, 7) is 2.74. The van der Waals surface area contributed by atoms with E-state index in [1.807, 2.05) is 6.07 Å². The lowest BCUT2D eigenvalue weighted by atomic mass is 10.0. The van der Waals surface area contributed by atoms with Crippen LogP contribution in [0.2, 0.25) is 0 Å². The first-order chi connectivity index (χ1) is 9.70. The lowest BCUT2D eigenvalue weighted by Crippen LogP contribution is -2.39. The third-order valence-corrected chi connectivity index (χ3v) is 4.64. The highest BCUT2D eigenvalue weighted by Gasteiger charge is 2.35. The summed E-state index contributed by atoms with van der Waals surface area (Å²) < 4.78 is 5.28. The average molecular weight is 292 g/mol. The van der Waals surface area contributed by atoms with Gasteiger partial charge in [0.15, 0.2) is 10.8 Å². The molecule has 0 aliphatic carbocycles. The molecular weight excluding hydrogens is 276 g/mol. The van der Waals surface area contributed by atoms with Crippen molar-refractivity contribution in [3.8, 4) is 10.8 Å². The van der Waals surface area contributed by atoms with E-state index in [0.29, 0.717) is 28.9 Å². The summed E-state index contributed by atoms with van der Waals surface area (Å²) in [4.78, 5) is 18.5. The van der Waals surface area contributed by atoms with Crippen molar-refractivity contribution in [3.63, 3.8) is 0 Å². The number of nitrogens with zero attached hydrogens (tertiary/aromatic N) is 2. The zero-order valence-electron chi connectivity index (χ0n) is 11.2. The van der Waals surface area contributed by atoms with Crippen LogP contribution in [0.25, 0.3) is 10.8 Å². The van der Waals surface area contributed by atoms with Crippen molar-refractivity contribution in [1.82, 2.24) is 9.88 Å². The van der Waals surface area contributed by atoms with Gasteiger partial charge in [0.2, 0.25) is 0 Å². The Morgan fingerprint density at radius 2 is 2.50 bits per heavy atom. The van der Waals surface area contributed by atoms with Crippen molar-refractivity contribution in [2.24, 2.45) is 5.92 Å². The summed E-state index contributed by atoms with van der Waals surface area (Å²) in [5.74, 6) is 0.886. The summed E-state index contributed by atoms with van der Waals surface area (Å²) >= 11 is 1.39. The van der Waals surface area contributed by atoms with Crippen LogP contribution >= 0.6 is 11.3 Å². The van der Waals surface area contributed by atoms with Gasteiger partial charge in [0.1, 0.15) is 5.69 Å². The predicted octanol–water partition coefficient (Wildman–Crippen LogP) is 2.25. The largest absolute Gasteiger partial charge is 0.462 e. The van der Waals surface area contributed by atoms with E-state index in [1.165, 1.54) is 11.3 Å². The number of likely N-dealkylation sites (tertiary alicyclic amines) is 1. The lowest BCUT2D eigenvalue weighted by molar-refractivity contribution is 0.0643. The molecule has 1 amide bonds. The molecule has 1 aliphatic rings. The number of aliphatic hydroxyl groups excluding tert-OH is 1. The summed E-state index contributed by atoms with van der Waals surface area (Å²) in [5, 5.41) is 11.9. The number of furan rings is 1. The van der Waals surface area contributed by atoms with E-state index in [0.717, 1.165) is 6.42 Å². The number of hydrogen-bond acceptors (Lipinski definition) is 5. The van der Waals surface area contributed by atoms with Crippen LogP contribution in [0.5, 0.6) is 0 Å². The number of amides is 1. The minimum Gasteiger partial charge on any atom is -0.462 e. The predicted molar refractivity (Wildman–Crippen MR) is 75.5 cm³/mol. The van der Waals surface area contributed by atoms with Gasteiger partial charge in [-0.3, -0.25) is 4.79 Å². The van der Waals surface area contributed by atoms with Gasteiger partial charge in [0.05, 0.1) is 18.9 Å². The average Bonchev–Trinajstić information content (AvgIpc) is 3.17. The monoisotopic (exact) mass is 292 g/mol. The van der Waals surface area contributed by atoms with E-state index in [-0.39, 0.29) is 18.6 Å². The van der Waals surface area contributed by atoms with Crippen LogP contribution < -0.4 is 0 Å². The number of carbonyl (C=O) groups is 1. The smallest absolute Gasteiger partial charge is 0.273 e. The molecule has 3 rings (SSSR count). The zero-order chi connectivity index (χ0) is 14.1. The SMILES string of the molecule is CC1CCN(C(=O)c2csc(-c3ccco3)n2)C1CO. The topological polar surface area (TPSA) is 66.6 Å². The van der Waals surface area contributed by atoms with E-state index in [2.05, 4.69) is 11.9 Å². The maximum absolute atomic E-state index is 12.5. The molecule has 2 aromatic rings. The molecule has 0 aromatic carbocycles. The summed E-state index contributed by atoms with van der Waals surface area (Å²) in [6.07, 6.45) is 2.51. The molecule has 0 bridgehead atoms. The van der Waals surface area contributed by atoms with Gasteiger partial charge in [0.25, 0.3) is 5.91 Å². The van der Waals surface area contributed by atoms with Crippen molar-refractivity contribution >= 4 is 17.2 Å². The van der Waals surface area contributed by atoms with E-state index in [9.17, 15) is 9.90 Å². The highest BCUT2D eigenvalue weighted by atomic mass is 32.1. The van der Waals surface area contributed by atoms with Gasteiger partial charge in [-0.1, -0.05) is 6.92 Å². The molecular formula is C14H16N2O3S. The molecule has 20 heavy (non-hydrogen) atoms. The van der Waals surface area contributed by atoms with Crippen molar-refractivity contribution in [1.29, 1.82) is 0 Å². The molecule has 0 radical (unpaired) electrons. The number of carbonyl (C=O) groups excluding carboxylic acids is 1. The molecule has 0 saturated carbocycles. The third kappa shape index (κ3) is 2.25. The number of thiazole rings is 1. The first-order valence-electron chi connectivity index (χ1n) is 6.62. The standard InChI is InChI=1S/C14H16N2O3S/c1-9-4-5-16(11(9)7-17)14(18)10-8-20-13(15-10)12-3-2-6-19-12/h2-3,6,8-9,11,17H,4-5,7H2,1H3. The second-order valence-electron chi connectivity index (χ2n) is 5.03. The van der Waals surface area contributed by atoms with Gasteiger partial charge in [-0.15, -0.1) is 11.3 Å². The summed E-state index contributed by atoms with van der Waals surface area (Å²) in [7, 11) is 0. The first-order valence-corrected chi connectivity index (χ1v) is 7.50. The van der Waals surface area contributed by atoms with Gasteiger partial charge in [-0.25, -0.2) is 4.98 Å². The fraction of sp³-hybridized carbons (Fsp3) is 0.429. The van der Waals surface area contributed by atoms with Crippen LogP contribution in [-0.4, -0.2) is 40.1 Å². The van der Waals surface area contributed by atoms with Crippen LogP contribution in [0.4, 0.5) is 0 Å². The molecule has 0 spiro atoms. The normalized spacial score (nSPS) is 22.4. The molecule has 5 nitrogen and oxygen atoms in total. The Morgan fingerprint density at radius 3 is 3.20 bits per heavy atom. The van der Waals surface area contributed by atoms with Crippen LogP contribution in [0, 0.1) is 5.92 Å². The quantitative estimate of drug-likeness (QED) is 0.942. The molecule has 1 saturated heterocycles. The second kappa shape index (κ2) is 5.38. The van der Waals surface area contributed by atoms with Crippen LogP contribution in [-0.2, 0) is 0 Å². The minimum absolute atomic E-state index is 0.00207. The lowest BCUT2D eigenvalue weighted by Gasteiger charge is -2.24. The molecule has 6 heteroatoms. The Morgan fingerprint density at radius 1 is 1.65 bits per heavy atom. The van der Waals surface area contributed by atoms with Gasteiger partial charge in [0, 0.05) is 11.9 Å². The summed E-state index contributed by atoms with van der Waals surface area (Å²) in [5.41, 5.74) is 0.425. The van der Waals surface area contributed by atoms with E-state index in [4.69, 9.17) is 4.42 Å². The minimum atomic E-state index is -0.109. The first kappa shape index (κ1) is 13.3. The third-order valence-electron chi connectivity index (χ3n) is 3.79. The van der Waals surface area contributed by atoms with Crippen LogP contribution in [0.15, 0.2) is 28.2 Å². The van der Waals surface area contributed by atoms with Gasteiger partial charge < -0.3 is 14.4 Å². The highest BCUT2D eigenvalue weighted by Crippen LogP contribution is 2.28. The Hall–Kier alpha value is -1.66. The van der Waals surface area contributed by atoms with Crippen LogP contribution in [0.1, 0.15) is 23.8 Å². The van der Waals surface area contributed by atoms with Gasteiger partial charge in [-0.05, 0) is 24.5 Å². The zero-order valence-corrected chi connectivity index (χ0v) is 12.0. The molecule has 2 aromatic heterocycles. The Bertz CT molecular complexity index is 593. The van der Waals surface area contributed by atoms with E-state index >= 15 is 0 Å². The molecule has 106 valence electrons. The van der Waals surface area contributed by atoms with E-state index < -0.39 is 0 Å². The van der Waals surface area contributed by atoms with Gasteiger partial charge >= 0.3 is 0 Å². The Labute approximate surface area is 120 Å². The molecule has 2 unspecified atom stereocenters. The molecule has 1 fully saturated rings. The number of aromatic nitrogens is 1. The highest BCUT2D eigenvalue weighted by molar-refractivity contribution is 7.13. The number of rotatable bonds is 3. The van der Waals surface area contributed by atoms with Crippen molar-refractivity contribution in [2.45, 2.75) is 19.4 Å². The number of aliphatic hydroxyl groups is 1. The fourth-order valence-corrected chi connectivity index (χ4v) is 3.33. The van der Waals surface area contributed by atoms with Crippen molar-refractivity contribution in [2.75, 3.05) is 13.2 Å². The fourth-order valence-electron chi connectivity index (χ4n) is 2.57. The second-order valence-corrected chi connectivity index (χ2v) is 5.89. The molecule has 1 aliphatic heterocycles. The Balaban J connectivity index is 1.81. The maximum Gasteiger partial charge on any atom is 0.273 e. The Kier molecular flexibility index (Phi) is 3.58. The van der Waals surface area contributed by atoms with Crippen molar-refractivity contribution in [3.05, 3.63) is 29.5 Å².